The highest BCUT2D eigenvalue weighted by Crippen LogP contribution is 2.12. The van der Waals surface area contributed by atoms with E-state index in [1.807, 2.05) is 0 Å². The number of hydrogen-bond donors (Lipinski definition) is 2. The highest BCUT2D eigenvalue weighted by molar-refractivity contribution is 4.55. The maximum absolute atomic E-state index is 8.30. The Balaban J connectivity index is 0. The zero-order chi connectivity index (χ0) is 16.2. The van der Waals surface area contributed by atoms with Gasteiger partial charge < -0.3 is 14.9 Å². The summed E-state index contributed by atoms with van der Waals surface area (Å²) >= 11 is 0. The van der Waals surface area contributed by atoms with Gasteiger partial charge in [-0.1, -0.05) is 59.3 Å². The first kappa shape index (κ1) is 23.2. The van der Waals surface area contributed by atoms with Crippen LogP contribution in [0.1, 0.15) is 85.0 Å². The van der Waals surface area contributed by atoms with Gasteiger partial charge in [0.05, 0.1) is 0 Å². The van der Waals surface area contributed by atoms with Crippen LogP contribution in [0.4, 0.5) is 0 Å². The van der Waals surface area contributed by atoms with Gasteiger partial charge in [-0.25, -0.2) is 0 Å². The molecule has 1 unspecified atom stereocenters. The van der Waals surface area contributed by atoms with E-state index in [2.05, 4.69) is 20.8 Å². The van der Waals surface area contributed by atoms with Crippen molar-refractivity contribution >= 4 is 0 Å². The van der Waals surface area contributed by atoms with Crippen molar-refractivity contribution in [1.82, 2.24) is 0 Å². The molecule has 0 fully saturated rings. The third kappa shape index (κ3) is 22.3. The molecule has 0 aromatic heterocycles. The molecule has 0 saturated heterocycles. The van der Waals surface area contributed by atoms with Gasteiger partial charge >= 0.3 is 0 Å². The van der Waals surface area contributed by atoms with E-state index in [4.69, 9.17) is 14.9 Å². The van der Waals surface area contributed by atoms with Crippen molar-refractivity contribution in [3.63, 3.8) is 0 Å². The van der Waals surface area contributed by atoms with E-state index in [1.54, 1.807) is 0 Å². The molecular formula is C18H40O3. The van der Waals surface area contributed by atoms with Crippen molar-refractivity contribution in [3.8, 4) is 0 Å². The summed E-state index contributed by atoms with van der Waals surface area (Å²) in [4.78, 5) is 0. The molecule has 0 spiro atoms. The maximum atomic E-state index is 8.30. The van der Waals surface area contributed by atoms with Gasteiger partial charge in [-0.15, -0.1) is 0 Å². The molecule has 0 heterocycles. The highest BCUT2D eigenvalue weighted by atomic mass is 16.5. The molecule has 3 nitrogen and oxygen atoms in total. The molecule has 3 heteroatoms. The van der Waals surface area contributed by atoms with Crippen LogP contribution in [0.3, 0.4) is 0 Å². The predicted octanol–water partition coefficient (Wildman–Crippen LogP) is 4.55. The summed E-state index contributed by atoms with van der Waals surface area (Å²) in [6, 6.07) is 0. The van der Waals surface area contributed by atoms with Crippen molar-refractivity contribution in [3.05, 3.63) is 0 Å². The zero-order valence-corrected chi connectivity index (χ0v) is 14.8. The molecular weight excluding hydrogens is 264 g/mol. The van der Waals surface area contributed by atoms with Crippen molar-refractivity contribution in [2.24, 2.45) is 5.92 Å². The molecule has 0 aliphatic carbocycles. The fourth-order valence-corrected chi connectivity index (χ4v) is 1.97. The Morgan fingerprint density at radius 2 is 1.33 bits per heavy atom. The largest absolute Gasteiger partial charge is 0.396 e. The topological polar surface area (TPSA) is 49.7 Å². The van der Waals surface area contributed by atoms with Crippen LogP contribution in [0.5, 0.6) is 0 Å². The van der Waals surface area contributed by atoms with Gasteiger partial charge in [-0.05, 0) is 31.6 Å². The Morgan fingerprint density at radius 1 is 0.762 bits per heavy atom. The fraction of sp³-hybridized carbons (Fsp3) is 1.00. The molecule has 0 aromatic rings. The summed E-state index contributed by atoms with van der Waals surface area (Å²) in [6.45, 7) is 9.23. The lowest BCUT2D eigenvalue weighted by Crippen LogP contribution is -2.09. The first-order chi connectivity index (χ1) is 10.3. The van der Waals surface area contributed by atoms with Crippen LogP contribution in [-0.2, 0) is 4.74 Å². The van der Waals surface area contributed by atoms with Crippen LogP contribution in [0.2, 0.25) is 0 Å². The van der Waals surface area contributed by atoms with E-state index in [9.17, 15) is 0 Å². The van der Waals surface area contributed by atoms with Gasteiger partial charge in [0.25, 0.3) is 0 Å². The molecule has 0 rings (SSSR count). The SMILES string of the molecule is CCCCOCC(CC)CCCC.OCCCCCCO. The summed E-state index contributed by atoms with van der Waals surface area (Å²) in [5, 5.41) is 16.6. The van der Waals surface area contributed by atoms with Gasteiger partial charge in [0.2, 0.25) is 0 Å². The second-order valence-corrected chi connectivity index (χ2v) is 5.71. The zero-order valence-electron chi connectivity index (χ0n) is 14.8. The van der Waals surface area contributed by atoms with Crippen LogP contribution in [-0.4, -0.2) is 36.6 Å². The van der Waals surface area contributed by atoms with Crippen molar-refractivity contribution in [1.29, 1.82) is 0 Å². The Morgan fingerprint density at radius 3 is 1.76 bits per heavy atom. The van der Waals surface area contributed by atoms with Gasteiger partial charge in [-0.3, -0.25) is 0 Å². The first-order valence-corrected chi connectivity index (χ1v) is 9.06. The molecule has 0 amide bonds. The third-order valence-electron chi connectivity index (χ3n) is 3.61. The molecule has 1 atom stereocenters. The Labute approximate surface area is 133 Å². The molecule has 0 aliphatic rings. The van der Waals surface area contributed by atoms with Gasteiger partial charge in [0.1, 0.15) is 0 Å². The summed E-state index contributed by atoms with van der Waals surface area (Å²) in [7, 11) is 0. The van der Waals surface area contributed by atoms with Gasteiger partial charge in [0, 0.05) is 26.4 Å². The van der Waals surface area contributed by atoms with E-state index in [0.717, 1.165) is 44.8 Å². The van der Waals surface area contributed by atoms with E-state index >= 15 is 0 Å². The van der Waals surface area contributed by atoms with E-state index < -0.39 is 0 Å². The molecule has 0 bridgehead atoms. The quantitative estimate of drug-likeness (QED) is 0.463. The molecule has 130 valence electrons. The number of aliphatic hydroxyl groups is 2. The Bertz CT molecular complexity index is 157. The lowest BCUT2D eigenvalue weighted by atomic mass is 10.0. The smallest absolute Gasteiger partial charge is 0.0494 e. The second-order valence-electron chi connectivity index (χ2n) is 5.71. The average Bonchev–Trinajstić information content (AvgIpc) is 2.52. The molecule has 21 heavy (non-hydrogen) atoms. The molecule has 0 aliphatic heterocycles. The number of unbranched alkanes of at least 4 members (excludes halogenated alkanes) is 5. The average molecular weight is 305 g/mol. The lowest BCUT2D eigenvalue weighted by Gasteiger charge is -2.14. The van der Waals surface area contributed by atoms with E-state index in [1.165, 1.54) is 38.5 Å². The normalized spacial score (nSPS) is 11.9. The number of hydrogen-bond acceptors (Lipinski definition) is 3. The number of aliphatic hydroxyl groups excluding tert-OH is 2. The molecule has 2 N–H and O–H groups in total. The highest BCUT2D eigenvalue weighted by Gasteiger charge is 2.04. The predicted molar refractivity (Wildman–Crippen MR) is 91.7 cm³/mol. The molecule has 0 aromatic carbocycles. The molecule has 0 saturated carbocycles. The minimum Gasteiger partial charge on any atom is -0.396 e. The first-order valence-electron chi connectivity index (χ1n) is 9.06. The minimum absolute atomic E-state index is 0.283. The summed E-state index contributed by atoms with van der Waals surface area (Å²) in [5.41, 5.74) is 0. The maximum Gasteiger partial charge on any atom is 0.0494 e. The van der Waals surface area contributed by atoms with E-state index in [0.29, 0.717) is 0 Å². The standard InChI is InChI=1S/C12H26O.C6H14O2/c1-4-7-9-12(6-3)11-13-10-8-5-2;7-5-3-1-2-4-6-8/h12H,4-11H2,1-3H3;7-8H,1-6H2. The minimum atomic E-state index is 0.283. The Kier molecular flexibility index (Phi) is 24.4. The third-order valence-corrected chi connectivity index (χ3v) is 3.61. The van der Waals surface area contributed by atoms with Crippen LogP contribution >= 0.6 is 0 Å². The number of rotatable bonds is 14. The van der Waals surface area contributed by atoms with E-state index in [-0.39, 0.29) is 13.2 Å². The summed E-state index contributed by atoms with van der Waals surface area (Å²) in [6.07, 6.45) is 11.6. The van der Waals surface area contributed by atoms with Crippen molar-refractivity contribution in [2.45, 2.75) is 85.0 Å². The lowest BCUT2D eigenvalue weighted by molar-refractivity contribution is 0.0918. The van der Waals surface area contributed by atoms with Gasteiger partial charge in [-0.2, -0.15) is 0 Å². The summed E-state index contributed by atoms with van der Waals surface area (Å²) < 4.78 is 5.62. The van der Waals surface area contributed by atoms with Crippen molar-refractivity contribution < 1.29 is 14.9 Å². The molecule has 0 radical (unpaired) electrons. The Hall–Kier alpha value is -0.120. The second kappa shape index (κ2) is 22.2. The number of ether oxygens (including phenoxy) is 1. The van der Waals surface area contributed by atoms with Crippen LogP contribution < -0.4 is 0 Å². The summed E-state index contributed by atoms with van der Waals surface area (Å²) in [5.74, 6) is 0.803. The monoisotopic (exact) mass is 304 g/mol. The van der Waals surface area contributed by atoms with Gasteiger partial charge in [0.15, 0.2) is 0 Å². The van der Waals surface area contributed by atoms with Crippen molar-refractivity contribution in [2.75, 3.05) is 26.4 Å². The fourth-order valence-electron chi connectivity index (χ4n) is 1.97. The van der Waals surface area contributed by atoms with Crippen LogP contribution in [0.25, 0.3) is 0 Å². The van der Waals surface area contributed by atoms with Crippen LogP contribution in [0, 0.1) is 5.92 Å². The van der Waals surface area contributed by atoms with Crippen LogP contribution in [0.15, 0.2) is 0 Å².